The zero-order valence-electron chi connectivity index (χ0n) is 8.30. The molecule has 0 fully saturated rings. The molecular weight excluding hydrogens is 219 g/mol. The van der Waals surface area contributed by atoms with Crippen LogP contribution < -0.4 is 11.1 Å². The van der Waals surface area contributed by atoms with Crippen LogP contribution in [-0.4, -0.2) is 19.0 Å². The lowest BCUT2D eigenvalue weighted by Gasteiger charge is -2.16. The Morgan fingerprint density at radius 1 is 1.44 bits per heavy atom. The van der Waals surface area contributed by atoms with Gasteiger partial charge >= 0.3 is 0 Å². The quantitative estimate of drug-likeness (QED) is 0.826. The number of hydrogen-bond acceptors (Lipinski definition) is 3. The number of anilines is 1. The first kappa shape index (κ1) is 12.3. The van der Waals surface area contributed by atoms with Crippen LogP contribution in [0.2, 0.25) is 0 Å². The van der Waals surface area contributed by atoms with Crippen molar-refractivity contribution in [3.8, 4) is 6.07 Å². The SMILES string of the molecule is N#Cc1cc(F)ccc1NCC(F)(F)CN. The minimum absolute atomic E-state index is 0.0205. The van der Waals surface area contributed by atoms with E-state index >= 15 is 0 Å². The lowest BCUT2D eigenvalue weighted by Crippen LogP contribution is -2.35. The van der Waals surface area contributed by atoms with Crippen molar-refractivity contribution in [2.45, 2.75) is 5.92 Å². The summed E-state index contributed by atoms with van der Waals surface area (Å²) in [6.45, 7) is -1.48. The van der Waals surface area contributed by atoms with Gasteiger partial charge in [0.2, 0.25) is 0 Å². The van der Waals surface area contributed by atoms with E-state index in [2.05, 4.69) is 5.32 Å². The van der Waals surface area contributed by atoms with E-state index in [-0.39, 0.29) is 11.3 Å². The first-order chi connectivity index (χ1) is 7.48. The molecule has 0 spiro atoms. The van der Waals surface area contributed by atoms with E-state index in [1.165, 1.54) is 6.07 Å². The van der Waals surface area contributed by atoms with Crippen molar-refractivity contribution in [2.75, 3.05) is 18.4 Å². The summed E-state index contributed by atoms with van der Waals surface area (Å²) in [5.74, 6) is -3.64. The largest absolute Gasteiger partial charge is 0.378 e. The normalized spacial score (nSPS) is 10.9. The molecule has 0 aliphatic rings. The highest BCUT2D eigenvalue weighted by molar-refractivity contribution is 5.57. The Morgan fingerprint density at radius 2 is 2.12 bits per heavy atom. The fourth-order valence-corrected chi connectivity index (χ4v) is 1.06. The van der Waals surface area contributed by atoms with Gasteiger partial charge in [0.1, 0.15) is 11.9 Å². The lowest BCUT2D eigenvalue weighted by molar-refractivity contribution is 0.0254. The van der Waals surface area contributed by atoms with Crippen molar-refractivity contribution in [3.63, 3.8) is 0 Å². The minimum Gasteiger partial charge on any atom is -0.378 e. The van der Waals surface area contributed by atoms with Crippen LogP contribution >= 0.6 is 0 Å². The van der Waals surface area contributed by atoms with Gasteiger partial charge in [-0.1, -0.05) is 0 Å². The molecule has 86 valence electrons. The fourth-order valence-electron chi connectivity index (χ4n) is 1.06. The number of benzene rings is 1. The average Bonchev–Trinajstić information content (AvgIpc) is 2.27. The molecule has 6 heteroatoms. The maximum atomic E-state index is 12.8. The molecule has 1 rings (SSSR count). The maximum absolute atomic E-state index is 12.8. The summed E-state index contributed by atoms with van der Waals surface area (Å²) >= 11 is 0. The topological polar surface area (TPSA) is 61.8 Å². The second-order valence-electron chi connectivity index (χ2n) is 3.22. The number of rotatable bonds is 4. The summed E-state index contributed by atoms with van der Waals surface area (Å²) < 4.78 is 38.3. The van der Waals surface area contributed by atoms with Crippen LogP contribution in [0.3, 0.4) is 0 Å². The molecule has 16 heavy (non-hydrogen) atoms. The average molecular weight is 229 g/mol. The van der Waals surface area contributed by atoms with Crippen LogP contribution in [-0.2, 0) is 0 Å². The van der Waals surface area contributed by atoms with Gasteiger partial charge < -0.3 is 11.1 Å². The van der Waals surface area contributed by atoms with E-state index in [4.69, 9.17) is 11.0 Å². The van der Waals surface area contributed by atoms with Gasteiger partial charge in [0.05, 0.1) is 24.3 Å². The molecule has 0 heterocycles. The first-order valence-electron chi connectivity index (χ1n) is 4.50. The van der Waals surface area contributed by atoms with Gasteiger partial charge in [-0.25, -0.2) is 13.2 Å². The third kappa shape index (κ3) is 3.14. The smallest absolute Gasteiger partial charge is 0.276 e. The Labute approximate surface area is 90.7 Å². The molecule has 0 unspecified atom stereocenters. The zero-order chi connectivity index (χ0) is 12.2. The highest BCUT2D eigenvalue weighted by Gasteiger charge is 2.26. The summed E-state index contributed by atoms with van der Waals surface area (Å²) in [5.41, 5.74) is 4.99. The Bertz CT molecular complexity index is 412. The number of halogens is 3. The van der Waals surface area contributed by atoms with Crippen LogP contribution in [0, 0.1) is 17.1 Å². The van der Waals surface area contributed by atoms with Gasteiger partial charge in [0.15, 0.2) is 0 Å². The summed E-state index contributed by atoms with van der Waals surface area (Å²) in [4.78, 5) is 0. The molecule has 0 aromatic heterocycles. The van der Waals surface area contributed by atoms with E-state index in [0.717, 1.165) is 12.1 Å². The number of nitrogens with zero attached hydrogens (tertiary/aromatic N) is 1. The molecule has 0 aliphatic carbocycles. The van der Waals surface area contributed by atoms with Crippen molar-refractivity contribution in [3.05, 3.63) is 29.6 Å². The molecule has 0 saturated carbocycles. The Morgan fingerprint density at radius 3 is 2.69 bits per heavy atom. The van der Waals surface area contributed by atoms with E-state index < -0.39 is 24.8 Å². The van der Waals surface area contributed by atoms with Gasteiger partial charge in [-0.15, -0.1) is 0 Å². The van der Waals surface area contributed by atoms with Crippen molar-refractivity contribution in [1.82, 2.24) is 0 Å². The predicted molar refractivity (Wildman–Crippen MR) is 53.6 cm³/mol. The third-order valence-electron chi connectivity index (χ3n) is 1.94. The number of alkyl halides is 2. The second kappa shape index (κ2) is 4.86. The summed E-state index contributed by atoms with van der Waals surface area (Å²) in [6.07, 6.45) is 0. The number of nitriles is 1. The Hall–Kier alpha value is -1.74. The lowest BCUT2D eigenvalue weighted by atomic mass is 10.2. The number of hydrogen-bond donors (Lipinski definition) is 2. The second-order valence-corrected chi connectivity index (χ2v) is 3.22. The van der Waals surface area contributed by atoms with E-state index in [9.17, 15) is 13.2 Å². The summed E-state index contributed by atoms with van der Waals surface area (Å²) in [5, 5.41) is 11.0. The van der Waals surface area contributed by atoms with Crippen molar-refractivity contribution in [1.29, 1.82) is 5.26 Å². The van der Waals surface area contributed by atoms with Gasteiger partial charge in [-0.3, -0.25) is 0 Å². The Kier molecular flexibility index (Phi) is 3.74. The molecule has 0 amide bonds. The number of nitrogens with two attached hydrogens (primary N) is 1. The van der Waals surface area contributed by atoms with Crippen LogP contribution in [0.25, 0.3) is 0 Å². The van der Waals surface area contributed by atoms with Gasteiger partial charge in [0.25, 0.3) is 5.92 Å². The zero-order valence-corrected chi connectivity index (χ0v) is 8.30. The van der Waals surface area contributed by atoms with Crippen molar-refractivity contribution >= 4 is 5.69 Å². The van der Waals surface area contributed by atoms with Crippen molar-refractivity contribution < 1.29 is 13.2 Å². The molecular formula is C10H10F3N3. The highest BCUT2D eigenvalue weighted by atomic mass is 19.3. The number of nitrogens with one attached hydrogen (secondary N) is 1. The van der Waals surface area contributed by atoms with Crippen LogP contribution in [0.15, 0.2) is 18.2 Å². The fraction of sp³-hybridized carbons (Fsp3) is 0.300. The van der Waals surface area contributed by atoms with Crippen LogP contribution in [0.5, 0.6) is 0 Å². The molecule has 0 atom stereocenters. The van der Waals surface area contributed by atoms with E-state index in [0.29, 0.717) is 0 Å². The highest BCUT2D eigenvalue weighted by Crippen LogP contribution is 2.18. The Balaban J connectivity index is 2.79. The molecule has 0 saturated heterocycles. The third-order valence-corrected chi connectivity index (χ3v) is 1.94. The van der Waals surface area contributed by atoms with Crippen LogP contribution in [0.1, 0.15) is 5.56 Å². The molecule has 0 radical (unpaired) electrons. The van der Waals surface area contributed by atoms with E-state index in [1.54, 1.807) is 6.07 Å². The molecule has 1 aromatic carbocycles. The maximum Gasteiger partial charge on any atom is 0.276 e. The monoisotopic (exact) mass is 229 g/mol. The van der Waals surface area contributed by atoms with Gasteiger partial charge in [-0.2, -0.15) is 5.26 Å². The van der Waals surface area contributed by atoms with Crippen LogP contribution in [0.4, 0.5) is 18.9 Å². The molecule has 0 aliphatic heterocycles. The van der Waals surface area contributed by atoms with E-state index in [1.807, 2.05) is 0 Å². The summed E-state index contributed by atoms with van der Waals surface area (Å²) in [6, 6.07) is 5.01. The van der Waals surface area contributed by atoms with Crippen molar-refractivity contribution in [2.24, 2.45) is 5.73 Å². The molecule has 3 nitrogen and oxygen atoms in total. The minimum atomic E-state index is -3.05. The summed E-state index contributed by atoms with van der Waals surface area (Å²) in [7, 11) is 0. The van der Waals surface area contributed by atoms with Gasteiger partial charge in [-0.05, 0) is 18.2 Å². The standard InChI is InChI=1S/C10H10F3N3/c11-8-1-2-9(7(3-8)4-14)16-6-10(12,13)5-15/h1-3,16H,5-6,15H2. The molecule has 0 bridgehead atoms. The predicted octanol–water partition coefficient (Wildman–Crippen LogP) is 1.70. The first-order valence-corrected chi connectivity index (χ1v) is 4.50. The van der Waals surface area contributed by atoms with Gasteiger partial charge in [0, 0.05) is 0 Å². The molecule has 3 N–H and O–H groups in total. The molecule has 1 aromatic rings.